The van der Waals surface area contributed by atoms with Gasteiger partial charge in [-0.05, 0) is 36.9 Å². The van der Waals surface area contributed by atoms with E-state index in [1.54, 1.807) is 10.3 Å². The van der Waals surface area contributed by atoms with E-state index in [0.717, 1.165) is 27.6 Å². The fraction of sp³-hybridized carbons (Fsp3) is 0.192. The predicted molar refractivity (Wildman–Crippen MR) is 130 cm³/mol. The van der Waals surface area contributed by atoms with Gasteiger partial charge in [-0.15, -0.1) is 11.3 Å². The summed E-state index contributed by atoms with van der Waals surface area (Å²) in [5.41, 5.74) is 3.47. The van der Waals surface area contributed by atoms with E-state index >= 15 is 0 Å². The van der Waals surface area contributed by atoms with Gasteiger partial charge in [0.25, 0.3) is 0 Å². The van der Waals surface area contributed by atoms with Crippen LogP contribution in [0.2, 0.25) is 0 Å². The molecule has 0 bridgehead atoms. The monoisotopic (exact) mass is 460 g/mol. The first kappa shape index (κ1) is 22.5. The van der Waals surface area contributed by atoms with Crippen molar-refractivity contribution in [2.45, 2.75) is 27.4 Å². The number of aromatic nitrogens is 1. The number of amides is 1. The van der Waals surface area contributed by atoms with Crippen LogP contribution < -0.4 is 9.64 Å². The molecule has 0 aliphatic heterocycles. The van der Waals surface area contributed by atoms with Gasteiger partial charge in [0.1, 0.15) is 12.4 Å². The molecule has 0 aliphatic rings. The summed E-state index contributed by atoms with van der Waals surface area (Å²) in [4.78, 5) is 30.7. The minimum absolute atomic E-state index is 0.00680. The fourth-order valence-corrected chi connectivity index (χ4v) is 4.45. The lowest BCUT2D eigenvalue weighted by Gasteiger charge is -2.20. The van der Waals surface area contributed by atoms with E-state index in [-0.39, 0.29) is 19.1 Å². The van der Waals surface area contributed by atoms with E-state index in [0.29, 0.717) is 16.6 Å². The number of carbonyl (C=O) groups excluding carboxylic acids is 2. The summed E-state index contributed by atoms with van der Waals surface area (Å²) >= 11 is 1.33. The number of anilines is 2. The number of nitrogens with zero attached hydrogens (tertiary/aromatic N) is 2. The SMILES string of the molecule is CC(=O)N(c1nc(COC(=O)COc2cccc3ccccc23)cs1)c1ccc(C)cc1C. The van der Waals surface area contributed by atoms with Crippen LogP contribution in [0.25, 0.3) is 10.8 Å². The molecule has 0 unspecified atom stereocenters. The third-order valence-corrected chi connectivity index (χ3v) is 5.99. The van der Waals surface area contributed by atoms with Crippen LogP contribution in [-0.2, 0) is 20.9 Å². The summed E-state index contributed by atoms with van der Waals surface area (Å²) in [6.45, 7) is 5.28. The molecule has 0 saturated heterocycles. The highest BCUT2D eigenvalue weighted by atomic mass is 32.1. The first-order chi connectivity index (χ1) is 15.9. The van der Waals surface area contributed by atoms with Crippen molar-refractivity contribution in [1.82, 2.24) is 4.98 Å². The molecule has 6 nitrogen and oxygen atoms in total. The van der Waals surface area contributed by atoms with Crippen LogP contribution in [0.3, 0.4) is 0 Å². The highest BCUT2D eigenvalue weighted by Crippen LogP contribution is 2.32. The molecule has 7 heteroatoms. The van der Waals surface area contributed by atoms with Gasteiger partial charge in [-0.2, -0.15) is 0 Å². The van der Waals surface area contributed by atoms with Crippen LogP contribution in [-0.4, -0.2) is 23.5 Å². The van der Waals surface area contributed by atoms with Crippen molar-refractivity contribution in [3.63, 3.8) is 0 Å². The molecule has 0 spiro atoms. The maximum Gasteiger partial charge on any atom is 0.344 e. The van der Waals surface area contributed by atoms with Crippen molar-refractivity contribution in [3.8, 4) is 5.75 Å². The molecule has 0 fully saturated rings. The summed E-state index contributed by atoms with van der Waals surface area (Å²) < 4.78 is 11.0. The molecule has 0 atom stereocenters. The van der Waals surface area contributed by atoms with Gasteiger partial charge in [-0.1, -0.05) is 54.1 Å². The zero-order valence-electron chi connectivity index (χ0n) is 18.7. The minimum Gasteiger partial charge on any atom is -0.481 e. The van der Waals surface area contributed by atoms with Crippen molar-refractivity contribution < 1.29 is 19.1 Å². The molecular weight excluding hydrogens is 436 g/mol. The summed E-state index contributed by atoms with van der Waals surface area (Å²) in [6.07, 6.45) is 0. The lowest BCUT2D eigenvalue weighted by Crippen LogP contribution is -2.23. The number of hydrogen-bond acceptors (Lipinski definition) is 6. The molecule has 4 rings (SSSR count). The average Bonchev–Trinajstić information content (AvgIpc) is 3.26. The second-order valence-electron chi connectivity index (χ2n) is 7.69. The number of ether oxygens (including phenoxy) is 2. The average molecular weight is 461 g/mol. The number of esters is 1. The van der Waals surface area contributed by atoms with E-state index in [9.17, 15) is 9.59 Å². The second kappa shape index (κ2) is 9.83. The molecule has 0 radical (unpaired) electrons. The number of hydrogen-bond donors (Lipinski definition) is 0. The Balaban J connectivity index is 1.39. The Morgan fingerprint density at radius 2 is 1.82 bits per heavy atom. The van der Waals surface area contributed by atoms with Gasteiger partial charge in [-0.3, -0.25) is 9.69 Å². The molecule has 33 heavy (non-hydrogen) atoms. The Labute approximate surface area is 196 Å². The Morgan fingerprint density at radius 3 is 2.61 bits per heavy atom. The quantitative estimate of drug-likeness (QED) is 0.330. The van der Waals surface area contributed by atoms with Gasteiger partial charge in [0.15, 0.2) is 11.7 Å². The van der Waals surface area contributed by atoms with Crippen molar-refractivity contribution in [3.05, 3.63) is 82.9 Å². The summed E-state index contributed by atoms with van der Waals surface area (Å²) in [6, 6.07) is 19.4. The number of thiazole rings is 1. The first-order valence-electron chi connectivity index (χ1n) is 10.5. The maximum absolute atomic E-state index is 12.4. The first-order valence-corrected chi connectivity index (χ1v) is 11.4. The van der Waals surface area contributed by atoms with Crippen LogP contribution in [0.1, 0.15) is 23.7 Å². The predicted octanol–water partition coefficient (Wildman–Crippen LogP) is 5.72. The Hall–Kier alpha value is -3.71. The summed E-state index contributed by atoms with van der Waals surface area (Å²) in [7, 11) is 0. The van der Waals surface area contributed by atoms with E-state index < -0.39 is 5.97 Å². The minimum atomic E-state index is -0.490. The van der Waals surface area contributed by atoms with Crippen LogP contribution in [0, 0.1) is 13.8 Å². The van der Waals surface area contributed by atoms with Gasteiger partial charge in [0, 0.05) is 17.7 Å². The van der Waals surface area contributed by atoms with E-state index in [2.05, 4.69) is 4.98 Å². The van der Waals surface area contributed by atoms with E-state index in [1.165, 1.54) is 18.3 Å². The third kappa shape index (κ3) is 5.21. The number of fused-ring (bicyclic) bond motifs is 1. The number of benzene rings is 3. The normalized spacial score (nSPS) is 10.8. The molecular formula is C26H24N2O4S. The van der Waals surface area contributed by atoms with Crippen LogP contribution in [0.4, 0.5) is 10.8 Å². The summed E-state index contributed by atoms with van der Waals surface area (Å²) in [5, 5.41) is 4.30. The molecule has 3 aromatic carbocycles. The fourth-order valence-electron chi connectivity index (χ4n) is 3.58. The van der Waals surface area contributed by atoms with Gasteiger partial charge in [0.05, 0.1) is 11.4 Å². The van der Waals surface area contributed by atoms with Crippen LogP contribution in [0.15, 0.2) is 66.0 Å². The number of carbonyl (C=O) groups is 2. The van der Waals surface area contributed by atoms with Crippen molar-refractivity contribution in [2.75, 3.05) is 11.5 Å². The smallest absolute Gasteiger partial charge is 0.344 e. The third-order valence-electron chi connectivity index (χ3n) is 5.12. The zero-order chi connectivity index (χ0) is 23.4. The van der Waals surface area contributed by atoms with Crippen molar-refractivity contribution in [1.29, 1.82) is 0 Å². The molecule has 0 aliphatic carbocycles. The van der Waals surface area contributed by atoms with Gasteiger partial charge >= 0.3 is 5.97 Å². The van der Waals surface area contributed by atoms with Crippen molar-refractivity contribution >= 4 is 44.8 Å². The number of aryl methyl sites for hydroxylation is 2. The lowest BCUT2D eigenvalue weighted by molar-refractivity contribution is -0.147. The standard InChI is InChI=1S/C26H24N2O4S/c1-17-11-12-23(18(2)13-17)28(19(3)29)26-27-21(16-33-26)14-32-25(30)15-31-24-10-6-8-20-7-4-5-9-22(20)24/h4-13,16H,14-15H2,1-3H3. The molecule has 1 aromatic heterocycles. The topological polar surface area (TPSA) is 68.7 Å². The van der Waals surface area contributed by atoms with Gasteiger partial charge < -0.3 is 9.47 Å². The Morgan fingerprint density at radius 1 is 1.03 bits per heavy atom. The zero-order valence-corrected chi connectivity index (χ0v) is 19.5. The summed E-state index contributed by atoms with van der Waals surface area (Å²) in [5.74, 6) is 0.00480. The molecule has 1 amide bonds. The lowest BCUT2D eigenvalue weighted by atomic mass is 10.1. The Kier molecular flexibility index (Phi) is 6.70. The molecule has 4 aromatic rings. The molecule has 0 saturated carbocycles. The second-order valence-corrected chi connectivity index (χ2v) is 8.53. The van der Waals surface area contributed by atoms with E-state index in [1.807, 2.05) is 74.5 Å². The van der Waals surface area contributed by atoms with Crippen LogP contribution in [0.5, 0.6) is 5.75 Å². The van der Waals surface area contributed by atoms with Gasteiger partial charge in [-0.25, -0.2) is 9.78 Å². The molecule has 168 valence electrons. The van der Waals surface area contributed by atoms with Crippen molar-refractivity contribution in [2.24, 2.45) is 0 Å². The maximum atomic E-state index is 12.4. The van der Waals surface area contributed by atoms with E-state index in [4.69, 9.17) is 9.47 Å². The largest absolute Gasteiger partial charge is 0.481 e. The van der Waals surface area contributed by atoms with Crippen LogP contribution >= 0.6 is 11.3 Å². The molecule has 0 N–H and O–H groups in total. The molecule has 1 heterocycles. The highest BCUT2D eigenvalue weighted by molar-refractivity contribution is 7.14. The Bertz CT molecular complexity index is 1310. The van der Waals surface area contributed by atoms with Gasteiger partial charge in [0.2, 0.25) is 5.91 Å². The number of rotatable bonds is 7. The highest BCUT2D eigenvalue weighted by Gasteiger charge is 2.20.